The lowest BCUT2D eigenvalue weighted by atomic mass is 9.98. The molecule has 1 aliphatic rings. The third-order valence-electron chi connectivity index (χ3n) is 4.28. The zero-order valence-electron chi connectivity index (χ0n) is 13.8. The van der Waals surface area contributed by atoms with Crippen molar-refractivity contribution in [2.45, 2.75) is 25.5 Å². The van der Waals surface area contributed by atoms with Gasteiger partial charge in [-0.15, -0.1) is 0 Å². The summed E-state index contributed by atoms with van der Waals surface area (Å²) < 4.78 is 9.70. The molecule has 0 heterocycles. The average molecular weight is 341 g/mol. The predicted molar refractivity (Wildman–Crippen MR) is 90.7 cm³/mol. The molecule has 0 bridgehead atoms. The van der Waals surface area contributed by atoms with Crippen molar-refractivity contribution >= 4 is 12.1 Å². The molecule has 3 N–H and O–H groups in total. The lowest BCUT2D eigenvalue weighted by Gasteiger charge is -2.17. The SMILES string of the molecule is CC(OC(=O)OC(=O)[C@@H](N)CO)c1cccc2c1Cc1ccccc1-2. The fourth-order valence-electron chi connectivity index (χ4n) is 3.03. The van der Waals surface area contributed by atoms with Crippen LogP contribution in [0.5, 0.6) is 0 Å². The molecule has 3 rings (SSSR count). The fourth-order valence-corrected chi connectivity index (χ4v) is 3.03. The Kier molecular flexibility index (Phi) is 4.83. The van der Waals surface area contributed by atoms with Gasteiger partial charge in [0.25, 0.3) is 0 Å². The Morgan fingerprint density at radius 3 is 2.64 bits per heavy atom. The van der Waals surface area contributed by atoms with E-state index in [1.54, 1.807) is 6.92 Å². The van der Waals surface area contributed by atoms with E-state index in [4.69, 9.17) is 15.6 Å². The van der Waals surface area contributed by atoms with Crippen LogP contribution in [0.15, 0.2) is 42.5 Å². The molecule has 0 aliphatic heterocycles. The summed E-state index contributed by atoms with van der Waals surface area (Å²) in [5, 5.41) is 8.79. The summed E-state index contributed by atoms with van der Waals surface area (Å²) in [6.45, 7) is 1.11. The normalized spacial score (nSPS) is 14.2. The van der Waals surface area contributed by atoms with E-state index in [1.165, 1.54) is 11.1 Å². The molecule has 25 heavy (non-hydrogen) atoms. The summed E-state index contributed by atoms with van der Waals surface area (Å²) in [4.78, 5) is 23.2. The molecular weight excluding hydrogens is 322 g/mol. The highest BCUT2D eigenvalue weighted by Gasteiger charge is 2.26. The van der Waals surface area contributed by atoms with Crippen LogP contribution in [0, 0.1) is 0 Å². The van der Waals surface area contributed by atoms with Crippen LogP contribution in [0.1, 0.15) is 29.7 Å². The second-order valence-electron chi connectivity index (χ2n) is 5.93. The minimum atomic E-state index is -1.27. The van der Waals surface area contributed by atoms with Crippen molar-refractivity contribution in [2.75, 3.05) is 6.61 Å². The van der Waals surface area contributed by atoms with E-state index >= 15 is 0 Å². The van der Waals surface area contributed by atoms with Crippen LogP contribution in [0.25, 0.3) is 11.1 Å². The third-order valence-corrected chi connectivity index (χ3v) is 4.28. The van der Waals surface area contributed by atoms with Crippen LogP contribution in [-0.2, 0) is 20.7 Å². The fraction of sp³-hybridized carbons (Fsp3) is 0.263. The summed E-state index contributed by atoms with van der Waals surface area (Å²) in [6.07, 6.45) is -0.955. The second kappa shape index (κ2) is 7.04. The molecule has 0 saturated heterocycles. The number of hydrogen-bond acceptors (Lipinski definition) is 6. The highest BCUT2D eigenvalue weighted by molar-refractivity contribution is 5.85. The van der Waals surface area contributed by atoms with Crippen molar-refractivity contribution in [1.29, 1.82) is 0 Å². The Hall–Kier alpha value is -2.70. The van der Waals surface area contributed by atoms with Gasteiger partial charge in [-0.3, -0.25) is 0 Å². The summed E-state index contributed by atoms with van der Waals surface area (Å²) in [5.74, 6) is -1.02. The number of nitrogens with two attached hydrogens (primary N) is 1. The van der Waals surface area contributed by atoms with Crippen molar-refractivity contribution in [3.05, 3.63) is 59.2 Å². The lowest BCUT2D eigenvalue weighted by Crippen LogP contribution is -2.37. The van der Waals surface area contributed by atoms with Gasteiger partial charge in [0.2, 0.25) is 0 Å². The third kappa shape index (κ3) is 3.40. The van der Waals surface area contributed by atoms with Gasteiger partial charge in [0, 0.05) is 0 Å². The molecule has 0 spiro atoms. The molecule has 0 radical (unpaired) electrons. The Morgan fingerprint density at radius 2 is 1.88 bits per heavy atom. The van der Waals surface area contributed by atoms with Gasteiger partial charge in [-0.25, -0.2) is 9.59 Å². The number of rotatable bonds is 4. The molecule has 1 aliphatic carbocycles. The van der Waals surface area contributed by atoms with E-state index in [2.05, 4.69) is 16.9 Å². The van der Waals surface area contributed by atoms with Crippen LogP contribution >= 0.6 is 0 Å². The number of aliphatic hydroxyl groups excluding tert-OH is 1. The van der Waals surface area contributed by atoms with Gasteiger partial charge in [-0.2, -0.15) is 0 Å². The number of carbonyl (C=O) groups is 2. The van der Waals surface area contributed by atoms with Crippen LogP contribution in [-0.4, -0.2) is 29.9 Å². The maximum absolute atomic E-state index is 11.8. The summed E-state index contributed by atoms with van der Waals surface area (Å²) >= 11 is 0. The maximum Gasteiger partial charge on any atom is 0.516 e. The first kappa shape index (κ1) is 17.1. The average Bonchev–Trinajstić information content (AvgIpc) is 2.99. The molecule has 2 aromatic carbocycles. The predicted octanol–water partition coefficient (Wildman–Crippen LogP) is 2.32. The Balaban J connectivity index is 1.75. The Bertz CT molecular complexity index is 817. The smallest absolute Gasteiger partial charge is 0.426 e. The molecule has 1 unspecified atom stereocenters. The topological polar surface area (TPSA) is 98.9 Å². The first-order valence-electron chi connectivity index (χ1n) is 8.00. The Morgan fingerprint density at radius 1 is 1.16 bits per heavy atom. The molecule has 0 saturated carbocycles. The second-order valence-corrected chi connectivity index (χ2v) is 5.93. The van der Waals surface area contributed by atoms with Crippen LogP contribution < -0.4 is 5.73 Å². The number of hydrogen-bond donors (Lipinski definition) is 2. The van der Waals surface area contributed by atoms with Crippen molar-refractivity contribution in [3.63, 3.8) is 0 Å². The highest BCUT2D eigenvalue weighted by Crippen LogP contribution is 2.40. The number of ether oxygens (including phenoxy) is 2. The standard InChI is InChI=1S/C19H19NO5/c1-11(24-19(23)25-18(22)17(20)10-21)13-7-4-8-15-14-6-3-2-5-12(14)9-16(13)15/h2-8,11,17,21H,9-10,20H2,1H3/t11?,17-/m0/s1. The van der Waals surface area contributed by atoms with E-state index in [9.17, 15) is 9.59 Å². The van der Waals surface area contributed by atoms with Crippen LogP contribution in [0.3, 0.4) is 0 Å². The van der Waals surface area contributed by atoms with Gasteiger partial charge in [0.15, 0.2) is 0 Å². The molecule has 6 nitrogen and oxygen atoms in total. The summed E-state index contributed by atoms with van der Waals surface area (Å²) in [6, 6.07) is 12.7. The van der Waals surface area contributed by atoms with Crippen molar-refractivity contribution in [3.8, 4) is 11.1 Å². The molecule has 0 aromatic heterocycles. The molecule has 0 fully saturated rings. The van der Waals surface area contributed by atoms with Crippen LogP contribution in [0.4, 0.5) is 4.79 Å². The number of esters is 1. The monoisotopic (exact) mass is 341 g/mol. The van der Waals surface area contributed by atoms with Gasteiger partial charge in [0.1, 0.15) is 12.1 Å². The maximum atomic E-state index is 11.8. The van der Waals surface area contributed by atoms with E-state index in [0.717, 1.165) is 23.1 Å². The molecule has 0 amide bonds. The summed E-state index contributed by atoms with van der Waals surface area (Å²) in [5.41, 5.74) is 10.8. The number of fused-ring (bicyclic) bond motifs is 3. The van der Waals surface area contributed by atoms with Gasteiger partial charge in [-0.1, -0.05) is 42.5 Å². The molecule has 6 heteroatoms. The Labute approximate surface area is 145 Å². The minimum Gasteiger partial charge on any atom is -0.426 e. The lowest BCUT2D eigenvalue weighted by molar-refractivity contribution is -0.142. The number of carbonyl (C=O) groups excluding carboxylic acids is 2. The largest absolute Gasteiger partial charge is 0.516 e. The van der Waals surface area contributed by atoms with Crippen LogP contribution in [0.2, 0.25) is 0 Å². The van der Waals surface area contributed by atoms with Gasteiger partial charge in [0.05, 0.1) is 6.61 Å². The molecular formula is C19H19NO5. The van der Waals surface area contributed by atoms with E-state index in [1.807, 2.05) is 30.3 Å². The molecule has 2 aromatic rings. The zero-order chi connectivity index (χ0) is 18.0. The van der Waals surface area contributed by atoms with Crippen molar-refractivity contribution in [2.24, 2.45) is 5.73 Å². The number of benzene rings is 2. The first-order chi connectivity index (χ1) is 12.0. The van der Waals surface area contributed by atoms with E-state index < -0.39 is 30.9 Å². The quantitative estimate of drug-likeness (QED) is 0.558. The minimum absolute atomic E-state index is 0.588. The van der Waals surface area contributed by atoms with Gasteiger partial charge >= 0.3 is 12.1 Å². The number of aliphatic hydroxyl groups is 1. The molecule has 2 atom stereocenters. The van der Waals surface area contributed by atoms with E-state index in [-0.39, 0.29) is 0 Å². The highest BCUT2D eigenvalue weighted by atomic mass is 16.7. The van der Waals surface area contributed by atoms with Gasteiger partial charge in [-0.05, 0) is 41.2 Å². The molecule has 130 valence electrons. The van der Waals surface area contributed by atoms with Gasteiger partial charge < -0.3 is 20.3 Å². The zero-order valence-corrected chi connectivity index (χ0v) is 13.8. The van der Waals surface area contributed by atoms with E-state index in [0.29, 0.717) is 0 Å². The van der Waals surface area contributed by atoms with Crippen molar-refractivity contribution in [1.82, 2.24) is 0 Å². The van der Waals surface area contributed by atoms with Crippen molar-refractivity contribution < 1.29 is 24.2 Å². The summed E-state index contributed by atoms with van der Waals surface area (Å²) in [7, 11) is 0. The first-order valence-corrected chi connectivity index (χ1v) is 8.00.